The number of thiazole rings is 1. The first-order chi connectivity index (χ1) is 11.6. The number of amides is 1. The molecule has 0 unspecified atom stereocenters. The van der Waals surface area contributed by atoms with Crippen molar-refractivity contribution in [3.63, 3.8) is 0 Å². The molecule has 1 aromatic heterocycles. The summed E-state index contributed by atoms with van der Waals surface area (Å²) in [6.45, 7) is 9.17. The molecule has 0 aliphatic carbocycles. The highest BCUT2D eigenvalue weighted by Crippen LogP contribution is 2.13. The van der Waals surface area contributed by atoms with E-state index in [1.165, 1.54) is 0 Å². The Hall–Kier alpha value is -1.83. The predicted octanol–water partition coefficient (Wildman–Crippen LogP) is 2.13. The fourth-order valence-electron chi connectivity index (χ4n) is 2.57. The maximum Gasteiger partial charge on any atom is 0.409 e. The molecule has 1 amide bonds. The van der Waals surface area contributed by atoms with Gasteiger partial charge in [-0.3, -0.25) is 0 Å². The molecule has 1 aromatic rings. The molecule has 0 saturated carbocycles. The monoisotopic (exact) mass is 353 g/mol. The van der Waals surface area contributed by atoms with Crippen molar-refractivity contribution in [3.05, 3.63) is 16.1 Å². The lowest BCUT2D eigenvalue weighted by atomic mass is 10.1. The summed E-state index contributed by atoms with van der Waals surface area (Å²) in [4.78, 5) is 23.5. The molecule has 0 bridgehead atoms. The minimum absolute atomic E-state index is 0.211. The second-order valence-electron chi connectivity index (χ2n) is 5.65. The van der Waals surface area contributed by atoms with Crippen molar-refractivity contribution >= 4 is 23.4 Å². The van der Waals surface area contributed by atoms with E-state index in [-0.39, 0.29) is 6.09 Å². The first-order valence-corrected chi connectivity index (χ1v) is 9.31. The Kier molecular flexibility index (Phi) is 7.30. The van der Waals surface area contributed by atoms with Gasteiger partial charge in [0.25, 0.3) is 0 Å². The number of hydrogen-bond donors (Lipinski definition) is 2. The zero-order valence-corrected chi connectivity index (χ0v) is 15.5. The Bertz CT molecular complexity index is 552. The van der Waals surface area contributed by atoms with Crippen LogP contribution in [0.1, 0.15) is 36.6 Å². The van der Waals surface area contributed by atoms with Crippen molar-refractivity contribution in [2.75, 3.05) is 26.2 Å². The number of rotatable bonds is 5. The first-order valence-electron chi connectivity index (χ1n) is 8.50. The SMILES string of the molecule is CCNC(=NCc1cnc(C)s1)NC1CCN(C(=O)OCC)CC1. The number of aryl methyl sites for hydroxylation is 1. The molecule has 2 N–H and O–H groups in total. The lowest BCUT2D eigenvalue weighted by Crippen LogP contribution is -2.49. The minimum Gasteiger partial charge on any atom is -0.450 e. The van der Waals surface area contributed by atoms with Crippen LogP contribution in [0.25, 0.3) is 0 Å². The molecule has 24 heavy (non-hydrogen) atoms. The van der Waals surface area contributed by atoms with Gasteiger partial charge in [-0.1, -0.05) is 0 Å². The Balaban J connectivity index is 1.84. The van der Waals surface area contributed by atoms with E-state index in [4.69, 9.17) is 4.74 Å². The number of aromatic nitrogens is 1. The molecule has 0 spiro atoms. The van der Waals surface area contributed by atoms with Crippen molar-refractivity contribution in [1.29, 1.82) is 0 Å². The topological polar surface area (TPSA) is 78.9 Å². The fraction of sp³-hybridized carbons (Fsp3) is 0.688. The van der Waals surface area contributed by atoms with Gasteiger partial charge in [0, 0.05) is 36.8 Å². The summed E-state index contributed by atoms with van der Waals surface area (Å²) in [5.41, 5.74) is 0. The molecule has 2 heterocycles. The Morgan fingerprint density at radius 1 is 1.46 bits per heavy atom. The van der Waals surface area contributed by atoms with Gasteiger partial charge >= 0.3 is 6.09 Å². The summed E-state index contributed by atoms with van der Waals surface area (Å²) < 4.78 is 5.05. The highest BCUT2D eigenvalue weighted by atomic mass is 32.1. The van der Waals surface area contributed by atoms with Crippen molar-refractivity contribution in [2.45, 2.75) is 46.2 Å². The molecule has 0 atom stereocenters. The zero-order chi connectivity index (χ0) is 17.4. The quantitative estimate of drug-likeness (QED) is 0.626. The average molecular weight is 353 g/mol. The van der Waals surface area contributed by atoms with Gasteiger partial charge in [-0.2, -0.15) is 0 Å². The van der Waals surface area contributed by atoms with E-state index >= 15 is 0 Å². The second kappa shape index (κ2) is 9.46. The summed E-state index contributed by atoms with van der Waals surface area (Å²) in [6, 6.07) is 0.316. The molecule has 2 rings (SSSR count). The fourth-order valence-corrected chi connectivity index (χ4v) is 3.29. The Labute approximate surface area is 147 Å². The number of likely N-dealkylation sites (tertiary alicyclic amines) is 1. The summed E-state index contributed by atoms with van der Waals surface area (Å²) in [5, 5.41) is 7.81. The number of nitrogens with zero attached hydrogens (tertiary/aromatic N) is 3. The van der Waals surface area contributed by atoms with Crippen LogP contribution in [0.3, 0.4) is 0 Å². The number of carbonyl (C=O) groups excluding carboxylic acids is 1. The number of aliphatic imine (C=N–C) groups is 1. The third-order valence-electron chi connectivity index (χ3n) is 3.77. The molecule has 0 aromatic carbocycles. The molecular weight excluding hydrogens is 326 g/mol. The van der Waals surface area contributed by atoms with Gasteiger partial charge in [0.1, 0.15) is 0 Å². The first kappa shape index (κ1) is 18.5. The highest BCUT2D eigenvalue weighted by molar-refractivity contribution is 7.11. The van der Waals surface area contributed by atoms with E-state index < -0.39 is 0 Å². The number of hydrogen-bond acceptors (Lipinski definition) is 5. The molecule has 7 nitrogen and oxygen atoms in total. The van der Waals surface area contributed by atoms with E-state index in [0.717, 1.165) is 35.2 Å². The van der Waals surface area contributed by atoms with Gasteiger partial charge in [0.05, 0.1) is 18.2 Å². The van der Waals surface area contributed by atoms with Crippen LogP contribution in [0.5, 0.6) is 0 Å². The van der Waals surface area contributed by atoms with E-state index in [1.807, 2.05) is 20.0 Å². The summed E-state index contributed by atoms with van der Waals surface area (Å²) >= 11 is 1.67. The molecule has 1 saturated heterocycles. The third-order valence-corrected chi connectivity index (χ3v) is 4.67. The van der Waals surface area contributed by atoms with E-state index in [2.05, 4.69) is 27.5 Å². The average Bonchev–Trinajstić information content (AvgIpc) is 2.99. The lowest BCUT2D eigenvalue weighted by Gasteiger charge is -2.32. The van der Waals surface area contributed by atoms with Crippen LogP contribution in [-0.2, 0) is 11.3 Å². The van der Waals surface area contributed by atoms with Crippen LogP contribution in [-0.4, -0.2) is 54.2 Å². The lowest BCUT2D eigenvalue weighted by molar-refractivity contribution is 0.0963. The van der Waals surface area contributed by atoms with Crippen molar-refractivity contribution < 1.29 is 9.53 Å². The zero-order valence-electron chi connectivity index (χ0n) is 14.7. The van der Waals surface area contributed by atoms with E-state index in [1.54, 1.807) is 16.2 Å². The third kappa shape index (κ3) is 5.67. The van der Waals surface area contributed by atoms with Gasteiger partial charge in [-0.05, 0) is 33.6 Å². The van der Waals surface area contributed by atoms with Crippen LogP contribution < -0.4 is 10.6 Å². The molecule has 1 aliphatic heterocycles. The van der Waals surface area contributed by atoms with Gasteiger partial charge in [-0.25, -0.2) is 14.8 Å². The Morgan fingerprint density at radius 2 is 2.21 bits per heavy atom. The van der Waals surface area contributed by atoms with E-state index in [0.29, 0.717) is 32.3 Å². The maximum absolute atomic E-state index is 11.7. The van der Waals surface area contributed by atoms with Crippen LogP contribution in [0.4, 0.5) is 4.79 Å². The van der Waals surface area contributed by atoms with Crippen LogP contribution in [0.15, 0.2) is 11.2 Å². The van der Waals surface area contributed by atoms with Crippen molar-refractivity contribution in [2.24, 2.45) is 4.99 Å². The number of nitrogens with one attached hydrogen (secondary N) is 2. The molecule has 1 aliphatic rings. The highest BCUT2D eigenvalue weighted by Gasteiger charge is 2.24. The summed E-state index contributed by atoms with van der Waals surface area (Å²) in [6.07, 6.45) is 3.45. The largest absolute Gasteiger partial charge is 0.450 e. The number of piperidine rings is 1. The summed E-state index contributed by atoms with van der Waals surface area (Å²) in [5.74, 6) is 0.818. The molecule has 0 radical (unpaired) electrons. The predicted molar refractivity (Wildman–Crippen MR) is 96.4 cm³/mol. The van der Waals surface area contributed by atoms with Crippen LogP contribution in [0.2, 0.25) is 0 Å². The standard InChI is InChI=1S/C16H27N5O2S/c1-4-17-15(19-11-14-10-18-12(3)24-14)20-13-6-8-21(9-7-13)16(22)23-5-2/h10,13H,4-9,11H2,1-3H3,(H2,17,19,20). The number of guanidine groups is 1. The van der Waals surface area contributed by atoms with Crippen molar-refractivity contribution in [1.82, 2.24) is 20.5 Å². The second-order valence-corrected chi connectivity index (χ2v) is 6.96. The number of carbonyl (C=O) groups is 1. The molecule has 134 valence electrons. The van der Waals surface area contributed by atoms with E-state index in [9.17, 15) is 4.79 Å². The Morgan fingerprint density at radius 3 is 2.79 bits per heavy atom. The molecule has 8 heteroatoms. The minimum atomic E-state index is -0.211. The van der Waals surface area contributed by atoms with Crippen LogP contribution >= 0.6 is 11.3 Å². The number of ether oxygens (including phenoxy) is 1. The normalized spacial score (nSPS) is 16.1. The van der Waals surface area contributed by atoms with Crippen molar-refractivity contribution in [3.8, 4) is 0 Å². The van der Waals surface area contributed by atoms with Gasteiger partial charge in [-0.15, -0.1) is 11.3 Å². The van der Waals surface area contributed by atoms with Gasteiger partial charge < -0.3 is 20.3 Å². The maximum atomic E-state index is 11.7. The summed E-state index contributed by atoms with van der Waals surface area (Å²) in [7, 11) is 0. The van der Waals surface area contributed by atoms with Crippen LogP contribution in [0, 0.1) is 6.92 Å². The van der Waals surface area contributed by atoms with Gasteiger partial charge in [0.2, 0.25) is 0 Å². The smallest absolute Gasteiger partial charge is 0.409 e. The molecular formula is C16H27N5O2S. The molecule has 1 fully saturated rings. The van der Waals surface area contributed by atoms with Gasteiger partial charge in [0.15, 0.2) is 5.96 Å².